The summed E-state index contributed by atoms with van der Waals surface area (Å²) < 4.78 is 0. The second-order valence-electron chi connectivity index (χ2n) is 2.13. The number of hydrogen-bond donors (Lipinski definition) is 2. The Labute approximate surface area is 51.1 Å². The fraction of sp³-hybridized carbons (Fsp3) is 0.600. The van der Waals surface area contributed by atoms with Crippen molar-refractivity contribution in [3.8, 4) is 0 Å². The van der Waals surface area contributed by atoms with Crippen molar-refractivity contribution in [1.29, 1.82) is 0 Å². The maximum absolute atomic E-state index is 10.0. The van der Waals surface area contributed by atoms with E-state index in [1.165, 1.54) is 0 Å². The van der Waals surface area contributed by atoms with Crippen LogP contribution in [0.3, 0.4) is 0 Å². The average molecular weight is 130 g/mol. The SMILES string of the molecule is O=C(O)[C@H]1C[C@H]1C(=O)O. The molecule has 0 spiro atoms. The third kappa shape index (κ3) is 1.01. The van der Waals surface area contributed by atoms with Gasteiger partial charge in [-0.25, -0.2) is 0 Å². The normalized spacial score (nSPS) is 31.6. The fourth-order valence-corrected chi connectivity index (χ4v) is 0.741. The first kappa shape index (κ1) is 6.07. The Morgan fingerprint density at radius 1 is 1.11 bits per heavy atom. The third-order valence-corrected chi connectivity index (χ3v) is 1.42. The second kappa shape index (κ2) is 1.72. The molecule has 0 amide bonds. The molecule has 0 aromatic rings. The van der Waals surface area contributed by atoms with Gasteiger partial charge in [-0.15, -0.1) is 0 Å². The van der Waals surface area contributed by atoms with Crippen LogP contribution in [0.1, 0.15) is 6.42 Å². The zero-order valence-corrected chi connectivity index (χ0v) is 4.57. The highest BCUT2D eigenvalue weighted by molar-refractivity contribution is 5.85. The van der Waals surface area contributed by atoms with E-state index in [2.05, 4.69) is 0 Å². The lowest BCUT2D eigenvalue weighted by molar-refractivity contribution is -0.144. The summed E-state index contributed by atoms with van der Waals surface area (Å²) in [6, 6.07) is 0. The van der Waals surface area contributed by atoms with E-state index in [4.69, 9.17) is 10.2 Å². The Bertz CT molecular complexity index is 144. The summed E-state index contributed by atoms with van der Waals surface area (Å²) in [6.07, 6.45) is 0.296. The molecule has 0 heterocycles. The maximum atomic E-state index is 10.0. The maximum Gasteiger partial charge on any atom is 0.307 e. The predicted molar refractivity (Wildman–Crippen MR) is 26.9 cm³/mol. The minimum absolute atomic E-state index is 0.296. The van der Waals surface area contributed by atoms with Crippen LogP contribution in [-0.4, -0.2) is 22.2 Å². The lowest BCUT2D eigenvalue weighted by atomic mass is 10.3. The highest BCUT2D eigenvalue weighted by atomic mass is 16.4. The van der Waals surface area contributed by atoms with Gasteiger partial charge in [0.25, 0.3) is 0 Å². The van der Waals surface area contributed by atoms with Crippen LogP contribution < -0.4 is 0 Å². The van der Waals surface area contributed by atoms with E-state index in [0.29, 0.717) is 6.42 Å². The molecule has 4 nitrogen and oxygen atoms in total. The van der Waals surface area contributed by atoms with Gasteiger partial charge in [0.15, 0.2) is 0 Å². The summed E-state index contributed by atoms with van der Waals surface area (Å²) in [6.45, 7) is 0. The smallest absolute Gasteiger partial charge is 0.307 e. The van der Waals surface area contributed by atoms with E-state index in [1.54, 1.807) is 0 Å². The first-order valence-corrected chi connectivity index (χ1v) is 2.58. The molecule has 2 atom stereocenters. The molecule has 4 heteroatoms. The highest BCUT2D eigenvalue weighted by Crippen LogP contribution is 2.38. The minimum atomic E-state index is -0.998. The van der Waals surface area contributed by atoms with Crippen LogP contribution in [0.4, 0.5) is 0 Å². The van der Waals surface area contributed by atoms with Crippen LogP contribution >= 0.6 is 0 Å². The Morgan fingerprint density at radius 2 is 1.44 bits per heavy atom. The van der Waals surface area contributed by atoms with Gasteiger partial charge in [-0.05, 0) is 6.42 Å². The summed E-state index contributed by atoms with van der Waals surface area (Å²) >= 11 is 0. The Balaban J connectivity index is 2.42. The molecule has 1 aliphatic rings. The molecule has 1 saturated carbocycles. The van der Waals surface area contributed by atoms with E-state index < -0.39 is 23.8 Å². The summed E-state index contributed by atoms with van der Waals surface area (Å²) in [4.78, 5) is 20.0. The molecule has 1 rings (SSSR count). The molecule has 0 saturated heterocycles. The molecule has 9 heavy (non-hydrogen) atoms. The van der Waals surface area contributed by atoms with Gasteiger partial charge in [-0.1, -0.05) is 0 Å². The van der Waals surface area contributed by atoms with Gasteiger partial charge < -0.3 is 10.2 Å². The molecule has 50 valence electrons. The van der Waals surface area contributed by atoms with Gasteiger partial charge in [0.05, 0.1) is 11.8 Å². The van der Waals surface area contributed by atoms with E-state index in [0.717, 1.165) is 0 Å². The molecule has 0 aromatic carbocycles. The van der Waals surface area contributed by atoms with Gasteiger partial charge in [0, 0.05) is 0 Å². The van der Waals surface area contributed by atoms with Gasteiger partial charge in [-0.3, -0.25) is 9.59 Å². The number of aliphatic carboxylic acids is 2. The van der Waals surface area contributed by atoms with Gasteiger partial charge in [0.1, 0.15) is 0 Å². The van der Waals surface area contributed by atoms with Crippen LogP contribution in [0.5, 0.6) is 0 Å². The molecule has 0 unspecified atom stereocenters. The molecule has 1 aliphatic carbocycles. The quantitative estimate of drug-likeness (QED) is 0.542. The fourth-order valence-electron chi connectivity index (χ4n) is 0.741. The summed E-state index contributed by atoms with van der Waals surface area (Å²) in [5.41, 5.74) is 0. The van der Waals surface area contributed by atoms with E-state index in [-0.39, 0.29) is 0 Å². The molecule has 2 N–H and O–H groups in total. The van der Waals surface area contributed by atoms with E-state index >= 15 is 0 Å². The summed E-state index contributed by atoms with van der Waals surface area (Å²) in [5.74, 6) is -3.24. The minimum Gasteiger partial charge on any atom is -0.481 e. The van der Waals surface area contributed by atoms with Crippen molar-refractivity contribution in [1.82, 2.24) is 0 Å². The van der Waals surface area contributed by atoms with Crippen molar-refractivity contribution < 1.29 is 19.8 Å². The molecular formula is C5H6O4. The lowest BCUT2D eigenvalue weighted by Gasteiger charge is -1.84. The van der Waals surface area contributed by atoms with Crippen molar-refractivity contribution in [2.45, 2.75) is 6.42 Å². The monoisotopic (exact) mass is 130 g/mol. The lowest BCUT2D eigenvalue weighted by Crippen LogP contribution is -2.05. The number of carboxylic acids is 2. The number of carbonyl (C=O) groups is 2. The highest BCUT2D eigenvalue weighted by Gasteiger charge is 2.48. The van der Waals surface area contributed by atoms with Crippen LogP contribution in [0.2, 0.25) is 0 Å². The Kier molecular flexibility index (Phi) is 1.16. The zero-order valence-electron chi connectivity index (χ0n) is 4.57. The molecule has 0 aliphatic heterocycles. The van der Waals surface area contributed by atoms with Gasteiger partial charge in [-0.2, -0.15) is 0 Å². The molecular weight excluding hydrogens is 124 g/mol. The number of hydrogen-bond acceptors (Lipinski definition) is 2. The van der Waals surface area contributed by atoms with Gasteiger partial charge in [0.2, 0.25) is 0 Å². The van der Waals surface area contributed by atoms with E-state index in [1.807, 2.05) is 0 Å². The molecule has 0 aromatic heterocycles. The largest absolute Gasteiger partial charge is 0.481 e. The van der Waals surface area contributed by atoms with Crippen molar-refractivity contribution in [3.05, 3.63) is 0 Å². The van der Waals surface area contributed by atoms with Crippen molar-refractivity contribution in [2.24, 2.45) is 11.8 Å². The van der Waals surface area contributed by atoms with Crippen LogP contribution in [-0.2, 0) is 9.59 Å². The second-order valence-corrected chi connectivity index (χ2v) is 2.13. The predicted octanol–water partition coefficient (Wildman–Crippen LogP) is -0.208. The van der Waals surface area contributed by atoms with E-state index in [9.17, 15) is 9.59 Å². The van der Waals surface area contributed by atoms with Crippen molar-refractivity contribution >= 4 is 11.9 Å². The zero-order chi connectivity index (χ0) is 7.02. The molecule has 1 fully saturated rings. The standard InChI is InChI=1S/C5H6O4/c6-4(7)2-1-3(2)5(8)9/h2-3H,1H2,(H,6,7)(H,8,9)/t2-,3+. The summed E-state index contributed by atoms with van der Waals surface area (Å²) in [5, 5.41) is 16.4. The summed E-state index contributed by atoms with van der Waals surface area (Å²) in [7, 11) is 0. The first-order valence-electron chi connectivity index (χ1n) is 2.58. The first-order chi connectivity index (χ1) is 4.13. The molecule has 0 bridgehead atoms. The van der Waals surface area contributed by atoms with Crippen molar-refractivity contribution in [2.75, 3.05) is 0 Å². The van der Waals surface area contributed by atoms with Crippen molar-refractivity contribution in [3.63, 3.8) is 0 Å². The number of rotatable bonds is 2. The third-order valence-electron chi connectivity index (χ3n) is 1.42. The molecule has 0 radical (unpaired) electrons. The van der Waals surface area contributed by atoms with Crippen LogP contribution in [0.15, 0.2) is 0 Å². The van der Waals surface area contributed by atoms with Crippen LogP contribution in [0, 0.1) is 11.8 Å². The Morgan fingerprint density at radius 3 is 1.56 bits per heavy atom. The van der Waals surface area contributed by atoms with Gasteiger partial charge >= 0.3 is 11.9 Å². The topological polar surface area (TPSA) is 74.6 Å². The average Bonchev–Trinajstić information content (AvgIpc) is 2.39. The number of carboxylic acid groups (broad SMARTS) is 2. The Hall–Kier alpha value is -1.06. The van der Waals surface area contributed by atoms with Crippen LogP contribution in [0.25, 0.3) is 0 Å².